The Balaban J connectivity index is 1.57. The van der Waals surface area contributed by atoms with Crippen molar-refractivity contribution in [2.75, 3.05) is 17.3 Å². The number of nitrogens with one attached hydrogen (secondary N) is 1. The Morgan fingerprint density at radius 1 is 1.14 bits per heavy atom. The molecule has 0 atom stereocenters. The molecule has 2 aliphatic rings. The first-order valence-corrected chi connectivity index (χ1v) is 9.69. The molecule has 0 bridgehead atoms. The van der Waals surface area contributed by atoms with Gasteiger partial charge in [-0.1, -0.05) is 25.0 Å². The molecule has 1 saturated carbocycles. The van der Waals surface area contributed by atoms with E-state index in [1.807, 2.05) is 37.4 Å². The molecule has 0 saturated heterocycles. The molecule has 0 radical (unpaired) electrons. The van der Waals surface area contributed by atoms with Crippen LogP contribution < -0.4 is 15.0 Å². The standard InChI is InChI=1S/C20H23N7O/c1-13-24-25-18-12-26(14-7-3-4-8-14)19-16(27(13)18)11-21-20(23-19)22-15-9-5-6-10-17(15)28-2/h5-6,9-11,14H,3-4,7-8,12H2,1-2H3,(H,21,22,23). The van der Waals surface area contributed by atoms with Crippen molar-refractivity contribution in [3.63, 3.8) is 0 Å². The number of nitrogens with zero attached hydrogens (tertiary/aromatic N) is 6. The highest BCUT2D eigenvalue weighted by Gasteiger charge is 2.33. The van der Waals surface area contributed by atoms with Crippen molar-refractivity contribution in [2.45, 2.75) is 45.2 Å². The minimum atomic E-state index is 0.485. The van der Waals surface area contributed by atoms with Gasteiger partial charge in [0.15, 0.2) is 11.6 Å². The van der Waals surface area contributed by atoms with E-state index in [1.54, 1.807) is 7.11 Å². The van der Waals surface area contributed by atoms with Crippen LogP contribution in [0.25, 0.3) is 5.69 Å². The van der Waals surface area contributed by atoms with E-state index in [9.17, 15) is 0 Å². The number of ether oxygens (including phenoxy) is 1. The molecular weight excluding hydrogens is 354 g/mol. The molecule has 0 spiro atoms. The summed E-state index contributed by atoms with van der Waals surface area (Å²) in [6.45, 7) is 2.69. The van der Waals surface area contributed by atoms with Gasteiger partial charge in [-0.25, -0.2) is 4.98 Å². The molecule has 3 heterocycles. The van der Waals surface area contributed by atoms with Crippen LogP contribution in [0.5, 0.6) is 5.75 Å². The van der Waals surface area contributed by atoms with Crippen LogP contribution in [-0.4, -0.2) is 37.9 Å². The third kappa shape index (κ3) is 2.76. The van der Waals surface area contributed by atoms with Gasteiger partial charge in [-0.05, 0) is 31.9 Å². The second kappa shape index (κ2) is 6.78. The Morgan fingerprint density at radius 3 is 2.79 bits per heavy atom. The lowest BCUT2D eigenvalue weighted by atomic mass is 10.1. The van der Waals surface area contributed by atoms with Gasteiger partial charge >= 0.3 is 0 Å². The molecule has 5 rings (SSSR count). The molecule has 1 aliphatic heterocycles. The normalized spacial score (nSPS) is 16.0. The van der Waals surface area contributed by atoms with Crippen molar-refractivity contribution >= 4 is 17.5 Å². The van der Waals surface area contributed by atoms with E-state index in [4.69, 9.17) is 9.72 Å². The molecular formula is C20H23N7O. The molecule has 3 aromatic rings. The Morgan fingerprint density at radius 2 is 1.96 bits per heavy atom. The minimum Gasteiger partial charge on any atom is -0.495 e. The zero-order valence-corrected chi connectivity index (χ0v) is 16.1. The Bertz CT molecular complexity index is 1010. The minimum absolute atomic E-state index is 0.485. The summed E-state index contributed by atoms with van der Waals surface area (Å²) in [4.78, 5) is 11.8. The summed E-state index contributed by atoms with van der Waals surface area (Å²) >= 11 is 0. The van der Waals surface area contributed by atoms with Gasteiger partial charge in [0, 0.05) is 6.04 Å². The molecule has 1 aliphatic carbocycles. The lowest BCUT2D eigenvalue weighted by molar-refractivity contribution is 0.417. The van der Waals surface area contributed by atoms with E-state index in [0.29, 0.717) is 12.0 Å². The Kier molecular flexibility index (Phi) is 4.11. The van der Waals surface area contributed by atoms with E-state index < -0.39 is 0 Å². The predicted octanol–water partition coefficient (Wildman–Crippen LogP) is 3.38. The average molecular weight is 377 g/mol. The summed E-state index contributed by atoms with van der Waals surface area (Å²) in [5, 5.41) is 11.9. The topological polar surface area (TPSA) is 81.0 Å². The van der Waals surface area contributed by atoms with Gasteiger partial charge in [-0.15, -0.1) is 10.2 Å². The van der Waals surface area contributed by atoms with Gasteiger partial charge in [0.25, 0.3) is 0 Å². The molecule has 1 N–H and O–H groups in total. The SMILES string of the molecule is COc1ccccc1Nc1ncc2c(n1)N(C1CCCC1)Cc1nnc(C)n1-2. The smallest absolute Gasteiger partial charge is 0.229 e. The monoisotopic (exact) mass is 377 g/mol. The maximum atomic E-state index is 5.44. The van der Waals surface area contributed by atoms with Crippen LogP contribution in [0.3, 0.4) is 0 Å². The third-order valence-electron chi connectivity index (χ3n) is 5.59. The fraction of sp³-hybridized carbons (Fsp3) is 0.400. The number of methoxy groups -OCH3 is 1. The number of benzene rings is 1. The zero-order chi connectivity index (χ0) is 19.1. The van der Waals surface area contributed by atoms with Gasteiger partial charge in [-0.3, -0.25) is 4.57 Å². The highest BCUT2D eigenvalue weighted by molar-refractivity contribution is 5.67. The summed E-state index contributed by atoms with van der Waals surface area (Å²) in [5.74, 6) is 4.06. The number of rotatable bonds is 4. The van der Waals surface area contributed by atoms with Gasteiger partial charge in [0.1, 0.15) is 17.3 Å². The van der Waals surface area contributed by atoms with Crippen molar-refractivity contribution in [3.05, 3.63) is 42.1 Å². The summed E-state index contributed by atoms with van der Waals surface area (Å²) in [7, 11) is 1.66. The highest BCUT2D eigenvalue weighted by Crippen LogP contribution is 2.37. The van der Waals surface area contributed by atoms with Gasteiger partial charge in [0.2, 0.25) is 5.95 Å². The van der Waals surface area contributed by atoms with Crippen LogP contribution >= 0.6 is 0 Å². The van der Waals surface area contributed by atoms with Crippen molar-refractivity contribution in [1.29, 1.82) is 0 Å². The maximum Gasteiger partial charge on any atom is 0.229 e. The van der Waals surface area contributed by atoms with Crippen molar-refractivity contribution in [2.24, 2.45) is 0 Å². The number of aromatic nitrogens is 5. The van der Waals surface area contributed by atoms with E-state index in [1.165, 1.54) is 25.7 Å². The summed E-state index contributed by atoms with van der Waals surface area (Å²) in [6, 6.07) is 8.26. The second-order valence-corrected chi connectivity index (χ2v) is 7.29. The first kappa shape index (κ1) is 17.0. The number of anilines is 3. The molecule has 1 fully saturated rings. The number of hydrogen-bond donors (Lipinski definition) is 1. The van der Waals surface area contributed by atoms with Crippen LogP contribution in [0.2, 0.25) is 0 Å². The van der Waals surface area contributed by atoms with Gasteiger partial charge < -0.3 is 15.0 Å². The number of fused-ring (bicyclic) bond motifs is 3. The number of hydrogen-bond acceptors (Lipinski definition) is 7. The van der Waals surface area contributed by atoms with E-state index in [0.717, 1.165) is 41.1 Å². The Hall–Kier alpha value is -3.16. The van der Waals surface area contributed by atoms with E-state index in [-0.39, 0.29) is 0 Å². The molecule has 28 heavy (non-hydrogen) atoms. The van der Waals surface area contributed by atoms with Crippen LogP contribution in [0.15, 0.2) is 30.5 Å². The van der Waals surface area contributed by atoms with Crippen molar-refractivity contribution in [3.8, 4) is 11.4 Å². The molecule has 0 amide bonds. The quantitative estimate of drug-likeness (QED) is 0.746. The van der Waals surface area contributed by atoms with Crippen LogP contribution in [0.4, 0.5) is 17.5 Å². The van der Waals surface area contributed by atoms with Crippen molar-refractivity contribution < 1.29 is 4.74 Å². The predicted molar refractivity (Wildman–Crippen MR) is 106 cm³/mol. The largest absolute Gasteiger partial charge is 0.495 e. The number of para-hydroxylation sites is 2. The van der Waals surface area contributed by atoms with Gasteiger partial charge in [-0.2, -0.15) is 4.98 Å². The molecule has 8 heteroatoms. The average Bonchev–Trinajstić information content (AvgIpc) is 3.38. The zero-order valence-electron chi connectivity index (χ0n) is 16.1. The number of aryl methyl sites for hydroxylation is 1. The molecule has 0 unspecified atom stereocenters. The van der Waals surface area contributed by atoms with Crippen LogP contribution in [0.1, 0.15) is 37.3 Å². The maximum absolute atomic E-state index is 5.44. The third-order valence-corrected chi connectivity index (χ3v) is 5.59. The van der Waals surface area contributed by atoms with Gasteiger partial charge in [0.05, 0.1) is 25.5 Å². The first-order valence-electron chi connectivity index (χ1n) is 9.69. The molecule has 8 nitrogen and oxygen atoms in total. The first-order chi connectivity index (χ1) is 13.7. The van der Waals surface area contributed by atoms with Crippen LogP contribution in [0, 0.1) is 6.92 Å². The molecule has 2 aromatic heterocycles. The molecule has 1 aromatic carbocycles. The Labute approximate surface area is 163 Å². The summed E-state index contributed by atoms with van der Waals surface area (Å²) in [6.07, 6.45) is 6.76. The fourth-order valence-electron chi connectivity index (χ4n) is 4.23. The highest BCUT2D eigenvalue weighted by atomic mass is 16.5. The second-order valence-electron chi connectivity index (χ2n) is 7.29. The fourth-order valence-corrected chi connectivity index (χ4v) is 4.23. The van der Waals surface area contributed by atoms with Crippen LogP contribution in [-0.2, 0) is 6.54 Å². The summed E-state index contributed by atoms with van der Waals surface area (Å²) < 4.78 is 7.50. The van der Waals surface area contributed by atoms with E-state index in [2.05, 4.69) is 30.0 Å². The van der Waals surface area contributed by atoms with Crippen molar-refractivity contribution in [1.82, 2.24) is 24.7 Å². The summed E-state index contributed by atoms with van der Waals surface area (Å²) in [5.41, 5.74) is 1.79. The molecule has 144 valence electrons. The lowest BCUT2D eigenvalue weighted by Gasteiger charge is -2.35. The van der Waals surface area contributed by atoms with E-state index >= 15 is 0 Å². The lowest BCUT2D eigenvalue weighted by Crippen LogP contribution is -2.38.